The van der Waals surface area contributed by atoms with Crippen molar-refractivity contribution in [2.75, 3.05) is 6.61 Å². The standard InChI is InChI=1S/C10H20F3NO/c11-10(12,13)8-6-4-2-1-3-5-7-9-15-14/h1-9,14H2. The molecule has 2 N–H and O–H groups in total. The Balaban J connectivity index is 2.99. The van der Waals surface area contributed by atoms with E-state index in [2.05, 4.69) is 4.84 Å². The lowest BCUT2D eigenvalue weighted by Gasteiger charge is -2.05. The first-order valence-corrected chi connectivity index (χ1v) is 5.44. The maximum atomic E-state index is 11.7. The molecule has 0 rings (SSSR count). The highest BCUT2D eigenvalue weighted by Crippen LogP contribution is 2.23. The van der Waals surface area contributed by atoms with Crippen LogP contribution >= 0.6 is 0 Å². The van der Waals surface area contributed by atoms with E-state index in [9.17, 15) is 13.2 Å². The minimum absolute atomic E-state index is 0.259. The van der Waals surface area contributed by atoms with Crippen LogP contribution in [0.1, 0.15) is 51.4 Å². The summed E-state index contributed by atoms with van der Waals surface area (Å²) >= 11 is 0. The van der Waals surface area contributed by atoms with Crippen molar-refractivity contribution in [2.24, 2.45) is 5.90 Å². The van der Waals surface area contributed by atoms with Crippen LogP contribution in [0.25, 0.3) is 0 Å². The van der Waals surface area contributed by atoms with Crippen LogP contribution in [0.2, 0.25) is 0 Å². The number of rotatable bonds is 9. The van der Waals surface area contributed by atoms with Gasteiger partial charge in [0.1, 0.15) is 0 Å². The molecule has 0 aliphatic heterocycles. The van der Waals surface area contributed by atoms with Gasteiger partial charge >= 0.3 is 6.18 Å². The van der Waals surface area contributed by atoms with Crippen molar-refractivity contribution >= 4 is 0 Å². The smallest absolute Gasteiger partial charge is 0.305 e. The maximum absolute atomic E-state index is 11.7. The van der Waals surface area contributed by atoms with Crippen LogP contribution in [0.5, 0.6) is 0 Å². The van der Waals surface area contributed by atoms with Crippen molar-refractivity contribution in [2.45, 2.75) is 57.5 Å². The Morgan fingerprint density at radius 2 is 1.27 bits per heavy atom. The summed E-state index contributed by atoms with van der Waals surface area (Å²) in [4.78, 5) is 4.40. The summed E-state index contributed by atoms with van der Waals surface area (Å²) in [5, 5.41) is 0. The lowest BCUT2D eigenvalue weighted by molar-refractivity contribution is -0.135. The van der Waals surface area contributed by atoms with Crippen molar-refractivity contribution in [1.29, 1.82) is 0 Å². The van der Waals surface area contributed by atoms with Gasteiger partial charge in [0, 0.05) is 6.42 Å². The van der Waals surface area contributed by atoms with Crippen LogP contribution in [0.4, 0.5) is 13.2 Å². The van der Waals surface area contributed by atoms with E-state index in [0.29, 0.717) is 13.0 Å². The molecule has 0 aromatic rings. The minimum Gasteiger partial charge on any atom is -0.305 e. The van der Waals surface area contributed by atoms with Crippen molar-refractivity contribution in [1.82, 2.24) is 0 Å². The molecule has 0 saturated carbocycles. The van der Waals surface area contributed by atoms with E-state index in [1.165, 1.54) is 0 Å². The number of unbranched alkanes of at least 4 members (excludes halogenated alkanes) is 6. The first-order chi connectivity index (χ1) is 7.06. The largest absolute Gasteiger partial charge is 0.389 e. The molecule has 0 bridgehead atoms. The molecule has 0 aliphatic rings. The van der Waals surface area contributed by atoms with Gasteiger partial charge in [0.2, 0.25) is 0 Å². The number of nitrogens with two attached hydrogens (primary N) is 1. The molecule has 0 atom stereocenters. The zero-order valence-corrected chi connectivity index (χ0v) is 8.98. The second-order valence-corrected chi connectivity index (χ2v) is 3.71. The fourth-order valence-corrected chi connectivity index (χ4v) is 1.39. The molecular formula is C10H20F3NO. The Kier molecular flexibility index (Phi) is 8.80. The Labute approximate surface area is 88.9 Å². The number of alkyl halides is 3. The van der Waals surface area contributed by atoms with Gasteiger partial charge < -0.3 is 4.84 Å². The molecule has 0 heterocycles. The highest BCUT2D eigenvalue weighted by Gasteiger charge is 2.25. The Hall–Kier alpha value is -0.290. The predicted molar refractivity (Wildman–Crippen MR) is 53.1 cm³/mol. The second kappa shape index (κ2) is 8.97. The number of hydrogen-bond acceptors (Lipinski definition) is 2. The molecule has 0 spiro atoms. The zero-order chi connectivity index (χ0) is 11.6. The molecule has 0 amide bonds. The molecule has 0 saturated heterocycles. The van der Waals surface area contributed by atoms with Crippen LogP contribution in [0.15, 0.2) is 0 Å². The monoisotopic (exact) mass is 227 g/mol. The molecule has 15 heavy (non-hydrogen) atoms. The van der Waals surface area contributed by atoms with Crippen LogP contribution in [-0.2, 0) is 4.84 Å². The molecule has 0 radical (unpaired) electrons. The third kappa shape index (κ3) is 13.7. The molecule has 0 aliphatic carbocycles. The third-order valence-electron chi connectivity index (χ3n) is 2.22. The fourth-order valence-electron chi connectivity index (χ4n) is 1.39. The lowest BCUT2D eigenvalue weighted by atomic mass is 10.1. The third-order valence-corrected chi connectivity index (χ3v) is 2.22. The van der Waals surface area contributed by atoms with E-state index in [4.69, 9.17) is 5.90 Å². The first-order valence-electron chi connectivity index (χ1n) is 5.44. The molecule has 92 valence electrons. The van der Waals surface area contributed by atoms with E-state index >= 15 is 0 Å². The van der Waals surface area contributed by atoms with Gasteiger partial charge in [-0.15, -0.1) is 0 Å². The van der Waals surface area contributed by atoms with Gasteiger partial charge in [-0.1, -0.05) is 32.1 Å². The molecule has 2 nitrogen and oxygen atoms in total. The van der Waals surface area contributed by atoms with Crippen molar-refractivity contribution in [3.8, 4) is 0 Å². The van der Waals surface area contributed by atoms with Crippen molar-refractivity contribution in [3.63, 3.8) is 0 Å². The van der Waals surface area contributed by atoms with E-state index in [1.807, 2.05) is 0 Å². The van der Waals surface area contributed by atoms with E-state index in [-0.39, 0.29) is 6.42 Å². The van der Waals surface area contributed by atoms with E-state index in [1.54, 1.807) is 0 Å². The molecular weight excluding hydrogens is 207 g/mol. The summed E-state index contributed by atoms with van der Waals surface area (Å²) in [7, 11) is 0. The highest BCUT2D eigenvalue weighted by molar-refractivity contribution is 4.52. The summed E-state index contributed by atoms with van der Waals surface area (Å²) in [6.45, 7) is 0.564. The van der Waals surface area contributed by atoms with Gasteiger partial charge in [-0.3, -0.25) is 0 Å². The summed E-state index contributed by atoms with van der Waals surface area (Å²) in [5.74, 6) is 4.84. The van der Waals surface area contributed by atoms with Crippen LogP contribution in [0.3, 0.4) is 0 Å². The van der Waals surface area contributed by atoms with Gasteiger partial charge in [0.15, 0.2) is 0 Å². The van der Waals surface area contributed by atoms with E-state index in [0.717, 1.165) is 32.1 Å². The predicted octanol–water partition coefficient (Wildman–Crippen LogP) is 3.56. The van der Waals surface area contributed by atoms with Crippen molar-refractivity contribution < 1.29 is 18.0 Å². The van der Waals surface area contributed by atoms with Gasteiger partial charge in [0.05, 0.1) is 6.61 Å². The second-order valence-electron chi connectivity index (χ2n) is 3.71. The summed E-state index contributed by atoms with van der Waals surface area (Å²) < 4.78 is 35.2. The van der Waals surface area contributed by atoms with Crippen LogP contribution < -0.4 is 5.90 Å². The first kappa shape index (κ1) is 14.7. The molecule has 0 unspecified atom stereocenters. The van der Waals surface area contributed by atoms with Crippen LogP contribution in [-0.4, -0.2) is 12.8 Å². The topological polar surface area (TPSA) is 35.2 Å². The Morgan fingerprint density at radius 3 is 1.73 bits per heavy atom. The van der Waals surface area contributed by atoms with Crippen LogP contribution in [0, 0.1) is 0 Å². The quantitative estimate of drug-likeness (QED) is 0.483. The molecule has 0 aromatic carbocycles. The molecule has 0 aromatic heterocycles. The summed E-state index contributed by atoms with van der Waals surface area (Å²) in [6, 6.07) is 0. The highest BCUT2D eigenvalue weighted by atomic mass is 19.4. The van der Waals surface area contributed by atoms with Gasteiger partial charge in [-0.05, 0) is 12.8 Å². The van der Waals surface area contributed by atoms with Crippen molar-refractivity contribution in [3.05, 3.63) is 0 Å². The fraction of sp³-hybridized carbons (Fsp3) is 1.00. The lowest BCUT2D eigenvalue weighted by Crippen LogP contribution is -2.06. The van der Waals surface area contributed by atoms with E-state index < -0.39 is 12.6 Å². The number of hydrogen-bond donors (Lipinski definition) is 1. The average Bonchev–Trinajstić information content (AvgIpc) is 2.14. The Bertz CT molecular complexity index is 139. The Morgan fingerprint density at radius 1 is 0.800 bits per heavy atom. The molecule has 0 fully saturated rings. The van der Waals surface area contributed by atoms with Gasteiger partial charge in [-0.2, -0.15) is 13.2 Å². The summed E-state index contributed by atoms with van der Waals surface area (Å²) in [6.07, 6.45) is 1.21. The SMILES string of the molecule is NOCCCCCCCCCC(F)(F)F. The minimum atomic E-state index is -3.99. The normalized spacial score (nSPS) is 12.0. The zero-order valence-electron chi connectivity index (χ0n) is 8.98. The molecule has 5 heteroatoms. The number of halogens is 3. The average molecular weight is 227 g/mol. The van der Waals surface area contributed by atoms with Gasteiger partial charge in [-0.25, -0.2) is 5.90 Å². The summed E-state index contributed by atoms with van der Waals surface area (Å²) in [5.41, 5.74) is 0. The maximum Gasteiger partial charge on any atom is 0.389 e. The van der Waals surface area contributed by atoms with Gasteiger partial charge in [0.25, 0.3) is 0 Å².